The van der Waals surface area contributed by atoms with Crippen molar-refractivity contribution < 1.29 is 14.7 Å². The van der Waals surface area contributed by atoms with E-state index in [4.69, 9.17) is 5.11 Å². The van der Waals surface area contributed by atoms with Gasteiger partial charge in [0.15, 0.2) is 0 Å². The van der Waals surface area contributed by atoms with Crippen LogP contribution in [0, 0.1) is 5.92 Å². The van der Waals surface area contributed by atoms with E-state index in [-0.39, 0.29) is 24.5 Å². The normalized spacial score (nSPS) is 21.0. The zero-order valence-electron chi connectivity index (χ0n) is 12.9. The summed E-state index contributed by atoms with van der Waals surface area (Å²) in [6.07, 6.45) is 3.25. The number of aliphatic carboxylic acids is 1. The van der Waals surface area contributed by atoms with E-state index < -0.39 is 5.97 Å². The number of carbonyl (C=O) groups excluding carboxylic acids is 1. The van der Waals surface area contributed by atoms with Gasteiger partial charge in [0.1, 0.15) is 0 Å². The second-order valence-electron chi connectivity index (χ2n) is 5.95. The molecule has 3 N–H and O–H groups in total. The zero-order valence-corrected chi connectivity index (χ0v) is 12.9. The number of nitrogens with one attached hydrogen (secondary N) is 2. The number of rotatable bonds is 8. The Kier molecular flexibility index (Phi) is 5.81. The molecule has 0 radical (unpaired) electrons. The fourth-order valence-electron chi connectivity index (χ4n) is 2.69. The molecule has 2 amide bonds. The first kappa shape index (κ1) is 16.3. The van der Waals surface area contributed by atoms with Crippen LogP contribution in [0.15, 0.2) is 30.3 Å². The molecule has 1 aromatic carbocycles. The van der Waals surface area contributed by atoms with E-state index in [1.807, 2.05) is 30.3 Å². The van der Waals surface area contributed by atoms with Gasteiger partial charge >= 0.3 is 12.0 Å². The van der Waals surface area contributed by atoms with Crippen molar-refractivity contribution in [2.75, 3.05) is 0 Å². The molecule has 0 heterocycles. The van der Waals surface area contributed by atoms with E-state index in [1.165, 1.54) is 0 Å². The molecule has 120 valence electrons. The van der Waals surface area contributed by atoms with Crippen LogP contribution in [0.3, 0.4) is 0 Å². The molecule has 3 atom stereocenters. The summed E-state index contributed by atoms with van der Waals surface area (Å²) in [5.74, 6) is -0.245. The van der Waals surface area contributed by atoms with E-state index in [0.29, 0.717) is 18.8 Å². The lowest BCUT2D eigenvalue weighted by Gasteiger charge is -2.19. The van der Waals surface area contributed by atoms with Crippen molar-refractivity contribution in [3.63, 3.8) is 0 Å². The fourth-order valence-corrected chi connectivity index (χ4v) is 2.69. The second kappa shape index (κ2) is 7.82. The van der Waals surface area contributed by atoms with Gasteiger partial charge < -0.3 is 15.7 Å². The van der Waals surface area contributed by atoms with Gasteiger partial charge in [-0.25, -0.2) is 4.79 Å². The minimum absolute atomic E-state index is 0.0544. The summed E-state index contributed by atoms with van der Waals surface area (Å²) in [5, 5.41) is 14.7. The Labute approximate surface area is 131 Å². The third-order valence-corrected chi connectivity index (χ3v) is 4.13. The first-order valence-corrected chi connectivity index (χ1v) is 7.91. The molecule has 1 unspecified atom stereocenters. The van der Waals surface area contributed by atoms with Crippen LogP contribution >= 0.6 is 0 Å². The Bertz CT molecular complexity index is 504. The van der Waals surface area contributed by atoms with Crippen LogP contribution in [-0.4, -0.2) is 29.2 Å². The molecular weight excluding hydrogens is 280 g/mol. The Morgan fingerprint density at radius 1 is 1.32 bits per heavy atom. The molecule has 0 aromatic heterocycles. The maximum absolute atomic E-state index is 12.0. The molecule has 1 aliphatic carbocycles. The van der Waals surface area contributed by atoms with Crippen molar-refractivity contribution >= 4 is 12.0 Å². The van der Waals surface area contributed by atoms with Crippen LogP contribution in [0.1, 0.15) is 38.2 Å². The van der Waals surface area contributed by atoms with Crippen molar-refractivity contribution in [3.8, 4) is 0 Å². The van der Waals surface area contributed by atoms with Gasteiger partial charge in [-0.1, -0.05) is 43.7 Å². The molecule has 1 saturated carbocycles. The zero-order chi connectivity index (χ0) is 15.9. The standard InChI is InChI=1S/C17H24N2O3/c1-2-13-11-15(13)19-17(22)18-14(8-9-16(20)21)10-12-6-4-3-5-7-12/h3-7,13-15H,2,8-11H2,1H3,(H,20,21)(H2,18,19,22)/t13-,14?,15-/m1/s1. The monoisotopic (exact) mass is 304 g/mol. The Morgan fingerprint density at radius 3 is 2.64 bits per heavy atom. The number of amides is 2. The highest BCUT2D eigenvalue weighted by atomic mass is 16.4. The maximum atomic E-state index is 12.0. The highest BCUT2D eigenvalue weighted by Gasteiger charge is 2.36. The van der Waals surface area contributed by atoms with Crippen molar-refractivity contribution in [1.29, 1.82) is 0 Å². The SMILES string of the molecule is CC[C@@H]1C[C@H]1NC(=O)NC(CCC(=O)O)Cc1ccccc1. The van der Waals surface area contributed by atoms with Gasteiger partial charge in [0.25, 0.3) is 0 Å². The number of carboxylic acid groups (broad SMARTS) is 1. The van der Waals surface area contributed by atoms with E-state index >= 15 is 0 Å². The summed E-state index contributed by atoms with van der Waals surface area (Å²) >= 11 is 0. The van der Waals surface area contributed by atoms with Gasteiger partial charge in [-0.15, -0.1) is 0 Å². The maximum Gasteiger partial charge on any atom is 0.315 e. The van der Waals surface area contributed by atoms with Crippen molar-refractivity contribution in [3.05, 3.63) is 35.9 Å². The molecule has 5 heteroatoms. The van der Waals surface area contributed by atoms with E-state index in [1.54, 1.807) is 0 Å². The third kappa shape index (κ3) is 5.39. The highest BCUT2D eigenvalue weighted by molar-refractivity contribution is 5.75. The Hall–Kier alpha value is -2.04. The smallest absolute Gasteiger partial charge is 0.315 e. The summed E-state index contributed by atoms with van der Waals surface area (Å²) in [7, 11) is 0. The molecular formula is C17H24N2O3. The number of benzene rings is 1. The molecule has 22 heavy (non-hydrogen) atoms. The molecule has 0 aliphatic heterocycles. The molecule has 0 spiro atoms. The summed E-state index contributed by atoms with van der Waals surface area (Å²) in [5.41, 5.74) is 1.09. The Morgan fingerprint density at radius 2 is 2.05 bits per heavy atom. The largest absolute Gasteiger partial charge is 0.481 e. The van der Waals surface area contributed by atoms with Gasteiger partial charge in [-0.05, 0) is 30.7 Å². The van der Waals surface area contributed by atoms with Crippen molar-refractivity contribution in [2.45, 2.75) is 51.1 Å². The molecule has 0 saturated heterocycles. The van der Waals surface area contributed by atoms with Crippen LogP contribution in [0.2, 0.25) is 0 Å². The predicted molar refractivity (Wildman–Crippen MR) is 84.7 cm³/mol. The molecule has 1 aromatic rings. The molecule has 1 fully saturated rings. The van der Waals surface area contributed by atoms with Gasteiger partial charge in [-0.3, -0.25) is 4.79 Å². The van der Waals surface area contributed by atoms with Gasteiger partial charge in [-0.2, -0.15) is 0 Å². The van der Waals surface area contributed by atoms with Crippen LogP contribution < -0.4 is 10.6 Å². The van der Waals surface area contributed by atoms with Crippen LogP contribution in [-0.2, 0) is 11.2 Å². The molecule has 0 bridgehead atoms. The number of hydrogen-bond donors (Lipinski definition) is 3. The lowest BCUT2D eigenvalue weighted by atomic mass is 10.0. The quantitative estimate of drug-likeness (QED) is 0.690. The summed E-state index contributed by atoms with van der Waals surface area (Å²) in [4.78, 5) is 22.8. The lowest BCUT2D eigenvalue weighted by molar-refractivity contribution is -0.137. The van der Waals surface area contributed by atoms with E-state index in [9.17, 15) is 9.59 Å². The van der Waals surface area contributed by atoms with Crippen molar-refractivity contribution in [2.24, 2.45) is 5.92 Å². The highest BCUT2D eigenvalue weighted by Crippen LogP contribution is 2.32. The second-order valence-corrected chi connectivity index (χ2v) is 5.95. The Balaban J connectivity index is 1.86. The summed E-state index contributed by atoms with van der Waals surface area (Å²) in [6, 6.07) is 9.72. The van der Waals surface area contributed by atoms with E-state index in [2.05, 4.69) is 17.6 Å². The average Bonchev–Trinajstić information content (AvgIpc) is 3.24. The summed E-state index contributed by atoms with van der Waals surface area (Å²) < 4.78 is 0. The topological polar surface area (TPSA) is 78.4 Å². The first-order chi connectivity index (χ1) is 10.6. The predicted octanol–water partition coefficient (Wildman–Crippen LogP) is 2.56. The molecule has 2 rings (SSSR count). The number of carboxylic acids is 1. The first-order valence-electron chi connectivity index (χ1n) is 7.91. The number of urea groups is 1. The number of carbonyl (C=O) groups is 2. The van der Waals surface area contributed by atoms with Gasteiger partial charge in [0.2, 0.25) is 0 Å². The fraction of sp³-hybridized carbons (Fsp3) is 0.529. The summed E-state index contributed by atoms with van der Waals surface area (Å²) in [6.45, 7) is 2.12. The van der Waals surface area contributed by atoms with Gasteiger partial charge in [0.05, 0.1) is 0 Å². The third-order valence-electron chi connectivity index (χ3n) is 4.13. The van der Waals surface area contributed by atoms with Crippen LogP contribution in [0.5, 0.6) is 0 Å². The minimum atomic E-state index is -0.839. The molecule has 5 nitrogen and oxygen atoms in total. The van der Waals surface area contributed by atoms with Crippen LogP contribution in [0.25, 0.3) is 0 Å². The number of hydrogen-bond acceptors (Lipinski definition) is 2. The lowest BCUT2D eigenvalue weighted by Crippen LogP contribution is -2.44. The minimum Gasteiger partial charge on any atom is -0.481 e. The van der Waals surface area contributed by atoms with Crippen LogP contribution in [0.4, 0.5) is 4.79 Å². The van der Waals surface area contributed by atoms with Gasteiger partial charge in [0, 0.05) is 18.5 Å². The van der Waals surface area contributed by atoms with E-state index in [0.717, 1.165) is 18.4 Å². The van der Waals surface area contributed by atoms with Crippen molar-refractivity contribution in [1.82, 2.24) is 10.6 Å². The average molecular weight is 304 g/mol. The molecule has 1 aliphatic rings.